The molecule has 74 valence electrons. The summed E-state index contributed by atoms with van der Waals surface area (Å²) in [5, 5.41) is 20.6. The van der Waals surface area contributed by atoms with Crippen molar-refractivity contribution in [2.45, 2.75) is 13.8 Å². The van der Waals surface area contributed by atoms with Crippen LogP contribution >= 0.6 is 0 Å². The number of amides is 1. The summed E-state index contributed by atoms with van der Waals surface area (Å²) in [6.45, 7) is 3.21. The van der Waals surface area contributed by atoms with E-state index in [0.717, 1.165) is 5.56 Å². The lowest BCUT2D eigenvalue weighted by Gasteiger charge is -2.09. The summed E-state index contributed by atoms with van der Waals surface area (Å²) in [5.41, 5.74) is 1.64. The van der Waals surface area contributed by atoms with E-state index in [1.807, 2.05) is 6.92 Å². The number of anilines is 1. The quantitative estimate of drug-likeness (QED) is 0.561. The Morgan fingerprint density at radius 3 is 2.57 bits per heavy atom. The molecule has 1 aromatic rings. The van der Waals surface area contributed by atoms with Gasteiger partial charge in [-0.05, 0) is 13.0 Å². The lowest BCUT2D eigenvalue weighted by atomic mass is 9.78. The zero-order valence-corrected chi connectivity index (χ0v) is 8.11. The molecule has 0 fully saturated rings. The van der Waals surface area contributed by atoms with E-state index >= 15 is 0 Å². The van der Waals surface area contributed by atoms with E-state index in [1.165, 1.54) is 6.92 Å². The first kappa shape index (κ1) is 10.8. The van der Waals surface area contributed by atoms with Gasteiger partial charge in [-0.2, -0.15) is 0 Å². The molecule has 0 aliphatic rings. The largest absolute Gasteiger partial charge is 0.490 e. The molecule has 0 spiro atoms. The van der Waals surface area contributed by atoms with E-state index in [-0.39, 0.29) is 5.91 Å². The van der Waals surface area contributed by atoms with Gasteiger partial charge in [-0.1, -0.05) is 17.7 Å². The lowest BCUT2D eigenvalue weighted by molar-refractivity contribution is -0.114. The second kappa shape index (κ2) is 4.26. The third-order valence-electron chi connectivity index (χ3n) is 1.80. The highest BCUT2D eigenvalue weighted by atomic mass is 16.4. The molecule has 1 aromatic carbocycles. The molecule has 0 saturated heterocycles. The predicted molar refractivity (Wildman–Crippen MR) is 55.3 cm³/mol. The summed E-state index contributed by atoms with van der Waals surface area (Å²) < 4.78 is 0. The number of rotatable bonds is 2. The van der Waals surface area contributed by atoms with E-state index in [1.54, 1.807) is 18.2 Å². The number of aryl methyl sites for hydroxylation is 1. The van der Waals surface area contributed by atoms with Gasteiger partial charge in [-0.3, -0.25) is 4.79 Å². The van der Waals surface area contributed by atoms with Gasteiger partial charge in [0.1, 0.15) is 0 Å². The third-order valence-corrected chi connectivity index (χ3v) is 1.80. The molecule has 0 atom stereocenters. The maximum absolute atomic E-state index is 10.8. The molecule has 0 aliphatic carbocycles. The van der Waals surface area contributed by atoms with Crippen molar-refractivity contribution in [2.24, 2.45) is 0 Å². The second-order valence-electron chi connectivity index (χ2n) is 3.15. The number of nitrogens with one attached hydrogen (secondary N) is 1. The summed E-state index contributed by atoms with van der Waals surface area (Å²) in [4.78, 5) is 10.8. The van der Waals surface area contributed by atoms with Crippen LogP contribution in [0.5, 0.6) is 0 Å². The molecule has 0 bridgehead atoms. The normalized spacial score (nSPS) is 9.71. The molecule has 4 nitrogen and oxygen atoms in total. The van der Waals surface area contributed by atoms with Crippen LogP contribution < -0.4 is 10.8 Å². The van der Waals surface area contributed by atoms with Gasteiger partial charge in [0.2, 0.25) is 5.91 Å². The number of carbonyl (C=O) groups excluding carboxylic acids is 1. The van der Waals surface area contributed by atoms with Gasteiger partial charge in [0, 0.05) is 18.1 Å². The minimum Gasteiger partial charge on any atom is -0.423 e. The molecule has 1 amide bonds. The Morgan fingerprint density at radius 1 is 1.43 bits per heavy atom. The first-order valence-corrected chi connectivity index (χ1v) is 4.25. The van der Waals surface area contributed by atoms with Crippen LogP contribution in [0.2, 0.25) is 0 Å². The van der Waals surface area contributed by atoms with Gasteiger partial charge in [0.05, 0.1) is 0 Å². The van der Waals surface area contributed by atoms with Crippen LogP contribution in [-0.2, 0) is 4.79 Å². The fourth-order valence-electron chi connectivity index (χ4n) is 1.20. The number of benzene rings is 1. The van der Waals surface area contributed by atoms with Crippen molar-refractivity contribution in [2.75, 3.05) is 5.32 Å². The Kier molecular flexibility index (Phi) is 3.27. The Hall–Kier alpha value is -1.33. The molecule has 5 heteroatoms. The second-order valence-corrected chi connectivity index (χ2v) is 3.15. The van der Waals surface area contributed by atoms with Gasteiger partial charge < -0.3 is 15.4 Å². The van der Waals surface area contributed by atoms with Crippen LogP contribution in [0.1, 0.15) is 12.5 Å². The highest BCUT2D eigenvalue weighted by Crippen LogP contribution is 2.06. The number of hydrogen-bond acceptors (Lipinski definition) is 3. The monoisotopic (exact) mass is 193 g/mol. The van der Waals surface area contributed by atoms with Gasteiger partial charge in [-0.15, -0.1) is 0 Å². The Bertz CT molecular complexity index is 352. The lowest BCUT2D eigenvalue weighted by Crippen LogP contribution is -2.33. The highest BCUT2D eigenvalue weighted by Gasteiger charge is 2.16. The molecule has 14 heavy (non-hydrogen) atoms. The SMILES string of the molecule is CC(=O)Nc1ccc(C)cc1B(O)O. The fraction of sp³-hybridized carbons (Fsp3) is 0.222. The van der Waals surface area contributed by atoms with Crippen molar-refractivity contribution in [3.63, 3.8) is 0 Å². The Labute approximate surface area is 82.7 Å². The standard InChI is InChI=1S/C9H12BNO3/c1-6-3-4-9(11-7(2)12)8(5-6)10(13)14/h3-5,13-14H,1-2H3,(H,11,12). The first-order valence-electron chi connectivity index (χ1n) is 4.25. The van der Waals surface area contributed by atoms with E-state index < -0.39 is 7.12 Å². The predicted octanol–water partition coefficient (Wildman–Crippen LogP) is -0.367. The van der Waals surface area contributed by atoms with Gasteiger partial charge >= 0.3 is 7.12 Å². The molecular formula is C9H12BNO3. The van der Waals surface area contributed by atoms with E-state index in [4.69, 9.17) is 10.0 Å². The molecule has 0 saturated carbocycles. The van der Waals surface area contributed by atoms with Gasteiger partial charge in [0.15, 0.2) is 0 Å². The topological polar surface area (TPSA) is 69.6 Å². The van der Waals surface area contributed by atoms with Crippen molar-refractivity contribution >= 4 is 24.2 Å². The van der Waals surface area contributed by atoms with Crippen LogP contribution in [0.15, 0.2) is 18.2 Å². The third kappa shape index (κ3) is 2.58. The Balaban J connectivity index is 3.08. The van der Waals surface area contributed by atoms with E-state index in [9.17, 15) is 4.79 Å². The highest BCUT2D eigenvalue weighted by molar-refractivity contribution is 6.60. The van der Waals surface area contributed by atoms with Crippen molar-refractivity contribution < 1.29 is 14.8 Å². The number of carbonyl (C=O) groups is 1. The summed E-state index contributed by atoms with van der Waals surface area (Å²) in [5.74, 6) is -0.240. The van der Waals surface area contributed by atoms with Crippen molar-refractivity contribution in [3.8, 4) is 0 Å². The van der Waals surface area contributed by atoms with E-state index in [0.29, 0.717) is 11.2 Å². The smallest absolute Gasteiger partial charge is 0.423 e. The molecule has 0 aromatic heterocycles. The summed E-state index contributed by atoms with van der Waals surface area (Å²) in [7, 11) is -1.57. The average molecular weight is 193 g/mol. The minimum absolute atomic E-state index is 0.240. The summed E-state index contributed by atoms with van der Waals surface area (Å²) in [6, 6.07) is 5.05. The average Bonchev–Trinajstić information content (AvgIpc) is 2.07. The minimum atomic E-state index is -1.57. The maximum Gasteiger partial charge on any atom is 0.490 e. The van der Waals surface area contributed by atoms with Crippen molar-refractivity contribution in [1.82, 2.24) is 0 Å². The summed E-state index contributed by atoms with van der Waals surface area (Å²) >= 11 is 0. The molecule has 1 rings (SSSR count). The molecular weight excluding hydrogens is 181 g/mol. The Morgan fingerprint density at radius 2 is 2.07 bits per heavy atom. The molecule has 3 N–H and O–H groups in total. The van der Waals surface area contributed by atoms with Crippen LogP contribution in [0, 0.1) is 6.92 Å². The first-order chi connectivity index (χ1) is 6.50. The van der Waals surface area contributed by atoms with E-state index in [2.05, 4.69) is 5.32 Å². The van der Waals surface area contributed by atoms with Crippen LogP contribution in [-0.4, -0.2) is 23.1 Å². The molecule has 0 unspecified atom stereocenters. The molecule has 0 radical (unpaired) electrons. The van der Waals surface area contributed by atoms with Crippen LogP contribution in [0.4, 0.5) is 5.69 Å². The van der Waals surface area contributed by atoms with Gasteiger partial charge in [0.25, 0.3) is 0 Å². The van der Waals surface area contributed by atoms with Gasteiger partial charge in [-0.25, -0.2) is 0 Å². The summed E-state index contributed by atoms with van der Waals surface area (Å²) in [6.07, 6.45) is 0. The van der Waals surface area contributed by atoms with Crippen molar-refractivity contribution in [3.05, 3.63) is 23.8 Å². The molecule has 0 aliphatic heterocycles. The van der Waals surface area contributed by atoms with Crippen molar-refractivity contribution in [1.29, 1.82) is 0 Å². The number of hydrogen-bond donors (Lipinski definition) is 3. The molecule has 0 heterocycles. The zero-order chi connectivity index (χ0) is 10.7. The zero-order valence-electron chi connectivity index (χ0n) is 8.11. The van der Waals surface area contributed by atoms with Crippen LogP contribution in [0.3, 0.4) is 0 Å². The maximum atomic E-state index is 10.8. The fourth-order valence-corrected chi connectivity index (χ4v) is 1.20. The van der Waals surface area contributed by atoms with Crippen LogP contribution in [0.25, 0.3) is 0 Å².